The zero-order valence-electron chi connectivity index (χ0n) is 13.0. The Hall–Kier alpha value is -2.84. The molecule has 3 aromatic heterocycles. The number of alkyl halides is 3. The largest absolute Gasteiger partial charge is 0.464 e. The highest BCUT2D eigenvalue weighted by Gasteiger charge is 2.33. The topological polar surface area (TPSA) is 67.1 Å². The number of aromatic nitrogens is 3. The number of furan rings is 1. The van der Waals surface area contributed by atoms with Crippen LogP contribution in [0.15, 0.2) is 41.4 Å². The van der Waals surface area contributed by atoms with Gasteiger partial charge in [0, 0.05) is 31.4 Å². The molecular formula is C16H14F3N5O. The van der Waals surface area contributed by atoms with Crippen LogP contribution in [-0.4, -0.2) is 34.1 Å². The van der Waals surface area contributed by atoms with Crippen molar-refractivity contribution >= 4 is 22.6 Å². The summed E-state index contributed by atoms with van der Waals surface area (Å²) in [6.45, 7) is 1.36. The van der Waals surface area contributed by atoms with Crippen molar-refractivity contribution in [1.29, 1.82) is 0 Å². The van der Waals surface area contributed by atoms with Gasteiger partial charge in [0.15, 0.2) is 0 Å². The Morgan fingerprint density at radius 3 is 2.92 bits per heavy atom. The van der Waals surface area contributed by atoms with Crippen LogP contribution < -0.4 is 10.2 Å². The molecule has 9 heteroatoms. The molecule has 1 unspecified atom stereocenters. The summed E-state index contributed by atoms with van der Waals surface area (Å²) < 4.78 is 43.6. The zero-order valence-corrected chi connectivity index (χ0v) is 13.0. The van der Waals surface area contributed by atoms with Gasteiger partial charge in [0.25, 0.3) is 0 Å². The van der Waals surface area contributed by atoms with Crippen LogP contribution in [0.5, 0.6) is 0 Å². The number of hydrogen-bond donors (Lipinski definition) is 1. The Bertz CT molecular complexity index is 895. The molecule has 6 nitrogen and oxygen atoms in total. The number of nitrogens with zero attached hydrogens (tertiary/aromatic N) is 4. The standard InChI is InChI=1S/C16H14F3N5O/c17-16(18,19)13-7-14(22-9-21-13)23-10-2-5-24(8-10)15-11-3-6-25-12(11)1-4-20-15/h1,3-4,6-7,9-10H,2,5,8H2,(H,21,22,23). The normalized spacial score (nSPS) is 18.0. The molecule has 25 heavy (non-hydrogen) atoms. The second kappa shape index (κ2) is 5.91. The van der Waals surface area contributed by atoms with Gasteiger partial charge in [-0.3, -0.25) is 0 Å². The van der Waals surface area contributed by atoms with Gasteiger partial charge in [-0.05, 0) is 18.6 Å². The minimum Gasteiger partial charge on any atom is -0.464 e. The van der Waals surface area contributed by atoms with Crippen LogP contribution in [0.25, 0.3) is 11.0 Å². The average molecular weight is 349 g/mol. The van der Waals surface area contributed by atoms with Gasteiger partial charge in [0.1, 0.15) is 29.2 Å². The molecule has 1 saturated heterocycles. The van der Waals surface area contributed by atoms with E-state index in [1.807, 2.05) is 6.07 Å². The first-order chi connectivity index (χ1) is 12.0. The summed E-state index contributed by atoms with van der Waals surface area (Å²) in [5.74, 6) is 0.984. The zero-order chi connectivity index (χ0) is 17.4. The van der Waals surface area contributed by atoms with Crippen molar-refractivity contribution in [2.24, 2.45) is 0 Å². The van der Waals surface area contributed by atoms with E-state index in [4.69, 9.17) is 4.42 Å². The van der Waals surface area contributed by atoms with Crippen LogP contribution in [0.2, 0.25) is 0 Å². The van der Waals surface area contributed by atoms with Crippen LogP contribution in [0.3, 0.4) is 0 Å². The van der Waals surface area contributed by atoms with Gasteiger partial charge in [0.2, 0.25) is 0 Å². The van der Waals surface area contributed by atoms with Gasteiger partial charge in [-0.1, -0.05) is 0 Å². The lowest BCUT2D eigenvalue weighted by Gasteiger charge is -2.19. The molecule has 0 spiro atoms. The van der Waals surface area contributed by atoms with E-state index in [2.05, 4.69) is 25.2 Å². The van der Waals surface area contributed by atoms with E-state index in [1.54, 1.807) is 18.5 Å². The fourth-order valence-electron chi connectivity index (χ4n) is 3.00. The molecule has 0 bridgehead atoms. The number of pyridine rings is 1. The Labute approximate surface area is 140 Å². The van der Waals surface area contributed by atoms with Gasteiger partial charge in [-0.2, -0.15) is 13.2 Å². The molecule has 3 aromatic rings. The van der Waals surface area contributed by atoms with Crippen LogP contribution in [0, 0.1) is 0 Å². The molecular weight excluding hydrogens is 335 g/mol. The van der Waals surface area contributed by atoms with Gasteiger partial charge in [-0.15, -0.1) is 0 Å². The van der Waals surface area contributed by atoms with Crippen molar-refractivity contribution < 1.29 is 17.6 Å². The average Bonchev–Trinajstić information content (AvgIpc) is 3.23. The fourth-order valence-corrected chi connectivity index (χ4v) is 3.00. The Balaban J connectivity index is 1.49. The Morgan fingerprint density at radius 1 is 1.20 bits per heavy atom. The second-order valence-corrected chi connectivity index (χ2v) is 5.83. The van der Waals surface area contributed by atoms with E-state index < -0.39 is 11.9 Å². The maximum Gasteiger partial charge on any atom is 0.433 e. The molecule has 1 atom stereocenters. The Kier molecular flexibility index (Phi) is 3.70. The number of halogens is 3. The highest BCUT2D eigenvalue weighted by atomic mass is 19.4. The SMILES string of the molecule is FC(F)(F)c1cc(NC2CCN(c3nccc4occc34)C2)ncn1. The lowest BCUT2D eigenvalue weighted by atomic mass is 10.2. The first-order valence-corrected chi connectivity index (χ1v) is 7.73. The van der Waals surface area contributed by atoms with Crippen LogP contribution in [0.4, 0.5) is 24.8 Å². The van der Waals surface area contributed by atoms with E-state index >= 15 is 0 Å². The van der Waals surface area contributed by atoms with Crippen molar-refractivity contribution in [3.63, 3.8) is 0 Å². The monoisotopic (exact) mass is 349 g/mol. The van der Waals surface area contributed by atoms with Crippen LogP contribution >= 0.6 is 0 Å². The lowest BCUT2D eigenvalue weighted by Crippen LogP contribution is -2.27. The van der Waals surface area contributed by atoms with E-state index in [0.717, 1.165) is 42.1 Å². The minimum atomic E-state index is -4.48. The quantitative estimate of drug-likeness (QED) is 0.782. The molecule has 0 radical (unpaired) electrons. The van der Waals surface area contributed by atoms with Gasteiger partial charge in [0.05, 0.1) is 11.6 Å². The molecule has 1 fully saturated rings. The molecule has 0 aromatic carbocycles. The maximum atomic E-state index is 12.7. The molecule has 0 aliphatic carbocycles. The smallest absolute Gasteiger partial charge is 0.433 e. The third-order valence-electron chi connectivity index (χ3n) is 4.16. The summed E-state index contributed by atoms with van der Waals surface area (Å²) in [5, 5.41) is 3.97. The third-order valence-corrected chi connectivity index (χ3v) is 4.16. The van der Waals surface area contributed by atoms with Gasteiger partial charge >= 0.3 is 6.18 Å². The molecule has 1 aliphatic rings. The summed E-state index contributed by atoms with van der Waals surface area (Å²) in [7, 11) is 0. The fraction of sp³-hybridized carbons (Fsp3) is 0.312. The molecule has 0 saturated carbocycles. The predicted molar refractivity (Wildman–Crippen MR) is 85.3 cm³/mol. The number of hydrogen-bond acceptors (Lipinski definition) is 6. The summed E-state index contributed by atoms with van der Waals surface area (Å²) >= 11 is 0. The van der Waals surface area contributed by atoms with Crippen molar-refractivity contribution in [2.75, 3.05) is 23.3 Å². The van der Waals surface area contributed by atoms with E-state index in [-0.39, 0.29) is 11.9 Å². The van der Waals surface area contributed by atoms with E-state index in [0.29, 0.717) is 6.54 Å². The van der Waals surface area contributed by atoms with Gasteiger partial charge < -0.3 is 14.6 Å². The molecule has 4 rings (SSSR count). The first kappa shape index (κ1) is 15.7. The molecule has 1 N–H and O–H groups in total. The van der Waals surface area contributed by atoms with Crippen molar-refractivity contribution in [3.8, 4) is 0 Å². The molecule has 4 heterocycles. The van der Waals surface area contributed by atoms with Crippen molar-refractivity contribution in [3.05, 3.63) is 42.7 Å². The lowest BCUT2D eigenvalue weighted by molar-refractivity contribution is -0.141. The number of fused-ring (bicyclic) bond motifs is 1. The van der Waals surface area contributed by atoms with Crippen molar-refractivity contribution in [1.82, 2.24) is 15.0 Å². The number of rotatable bonds is 3. The molecule has 130 valence electrons. The molecule has 1 aliphatic heterocycles. The highest BCUT2D eigenvalue weighted by molar-refractivity contribution is 5.88. The molecule has 0 amide bonds. The van der Waals surface area contributed by atoms with E-state index in [9.17, 15) is 13.2 Å². The van der Waals surface area contributed by atoms with Gasteiger partial charge in [-0.25, -0.2) is 15.0 Å². The maximum absolute atomic E-state index is 12.7. The number of nitrogens with one attached hydrogen (secondary N) is 1. The minimum absolute atomic E-state index is 0.0278. The summed E-state index contributed by atoms with van der Waals surface area (Å²) in [6.07, 6.45) is 0.498. The summed E-state index contributed by atoms with van der Waals surface area (Å²) in [4.78, 5) is 13.7. The van der Waals surface area contributed by atoms with Crippen molar-refractivity contribution in [2.45, 2.75) is 18.6 Å². The van der Waals surface area contributed by atoms with Crippen LogP contribution in [0.1, 0.15) is 12.1 Å². The third kappa shape index (κ3) is 3.09. The van der Waals surface area contributed by atoms with E-state index in [1.165, 1.54) is 0 Å². The predicted octanol–water partition coefficient (Wildman–Crippen LogP) is 3.33. The second-order valence-electron chi connectivity index (χ2n) is 5.83. The number of anilines is 2. The summed E-state index contributed by atoms with van der Waals surface area (Å²) in [5.41, 5.74) is -0.197. The summed E-state index contributed by atoms with van der Waals surface area (Å²) in [6, 6.07) is 4.56. The first-order valence-electron chi connectivity index (χ1n) is 7.73. The highest BCUT2D eigenvalue weighted by Crippen LogP contribution is 2.30. The van der Waals surface area contributed by atoms with Crippen LogP contribution in [-0.2, 0) is 6.18 Å². The Morgan fingerprint density at radius 2 is 2.08 bits per heavy atom.